The Balaban J connectivity index is 2.01. The molecule has 1 heterocycles. The molecule has 7 heteroatoms. The first-order chi connectivity index (χ1) is 13.1. The lowest BCUT2D eigenvalue weighted by atomic mass is 10.1. The highest BCUT2D eigenvalue weighted by atomic mass is 16.5. The van der Waals surface area contributed by atoms with Gasteiger partial charge in [0.25, 0.3) is 5.91 Å². The first kappa shape index (κ1) is 18.3. The van der Waals surface area contributed by atoms with Crippen LogP contribution in [0.15, 0.2) is 42.5 Å². The maximum Gasteiger partial charge on any atom is 0.263 e. The van der Waals surface area contributed by atoms with Crippen LogP contribution in [0.25, 0.3) is 11.3 Å². The summed E-state index contributed by atoms with van der Waals surface area (Å²) in [7, 11) is 4.52. The Kier molecular flexibility index (Phi) is 5.30. The van der Waals surface area contributed by atoms with E-state index < -0.39 is 0 Å². The van der Waals surface area contributed by atoms with Gasteiger partial charge < -0.3 is 19.5 Å². The van der Waals surface area contributed by atoms with E-state index in [0.29, 0.717) is 28.6 Å². The topological polar surface area (TPSA) is 85.5 Å². The van der Waals surface area contributed by atoms with Crippen molar-refractivity contribution in [2.45, 2.75) is 6.92 Å². The minimum atomic E-state index is -0.368. The molecule has 0 aliphatic rings. The van der Waals surface area contributed by atoms with E-state index in [1.54, 1.807) is 12.1 Å². The van der Waals surface area contributed by atoms with E-state index in [0.717, 1.165) is 11.3 Å². The summed E-state index contributed by atoms with van der Waals surface area (Å²) < 4.78 is 16.0. The molecule has 1 amide bonds. The molecule has 1 aromatic heterocycles. The second kappa shape index (κ2) is 7.82. The SMILES string of the molecule is COc1cc(OC)c(C(=O)Nc2c(C)n[nH]c2-c2ccccc2)c(OC)c1. The number of H-pyrrole nitrogens is 1. The largest absolute Gasteiger partial charge is 0.496 e. The van der Waals surface area contributed by atoms with Crippen molar-refractivity contribution >= 4 is 11.6 Å². The average Bonchev–Trinajstić information content (AvgIpc) is 3.07. The second-order valence-electron chi connectivity index (χ2n) is 5.79. The van der Waals surface area contributed by atoms with Crippen LogP contribution in [0.5, 0.6) is 17.2 Å². The molecule has 0 fully saturated rings. The molecule has 27 heavy (non-hydrogen) atoms. The van der Waals surface area contributed by atoms with Gasteiger partial charge in [-0.05, 0) is 6.92 Å². The van der Waals surface area contributed by atoms with E-state index in [-0.39, 0.29) is 11.5 Å². The maximum absolute atomic E-state index is 13.1. The predicted octanol–water partition coefficient (Wildman–Crippen LogP) is 3.66. The highest BCUT2D eigenvalue weighted by Crippen LogP contribution is 2.36. The minimum Gasteiger partial charge on any atom is -0.496 e. The van der Waals surface area contributed by atoms with Crippen molar-refractivity contribution in [3.63, 3.8) is 0 Å². The fourth-order valence-electron chi connectivity index (χ4n) is 2.80. The van der Waals surface area contributed by atoms with Crippen molar-refractivity contribution in [3.8, 4) is 28.5 Å². The molecule has 2 N–H and O–H groups in total. The number of amides is 1. The summed E-state index contributed by atoms with van der Waals surface area (Å²) in [5, 5.41) is 10.1. The molecule has 0 saturated carbocycles. The van der Waals surface area contributed by atoms with E-state index in [1.807, 2.05) is 37.3 Å². The summed E-state index contributed by atoms with van der Waals surface area (Å²) in [5.74, 6) is 0.870. The van der Waals surface area contributed by atoms with Crippen LogP contribution < -0.4 is 19.5 Å². The molecular weight excluding hydrogens is 346 g/mol. The molecule has 0 bridgehead atoms. The summed E-state index contributed by atoms with van der Waals surface area (Å²) in [4.78, 5) is 13.1. The van der Waals surface area contributed by atoms with Gasteiger partial charge in [-0.25, -0.2) is 0 Å². The summed E-state index contributed by atoms with van der Waals surface area (Å²) >= 11 is 0. The van der Waals surface area contributed by atoms with E-state index in [9.17, 15) is 4.79 Å². The zero-order valence-electron chi connectivity index (χ0n) is 15.6. The lowest BCUT2D eigenvalue weighted by Gasteiger charge is -2.15. The smallest absolute Gasteiger partial charge is 0.263 e. The van der Waals surface area contributed by atoms with Crippen LogP contribution in [-0.2, 0) is 0 Å². The quantitative estimate of drug-likeness (QED) is 0.694. The summed E-state index contributed by atoms with van der Waals surface area (Å²) in [6.45, 7) is 1.82. The molecule has 0 aliphatic heterocycles. The number of nitrogens with one attached hydrogen (secondary N) is 2. The van der Waals surface area contributed by atoms with Crippen LogP contribution in [0.3, 0.4) is 0 Å². The van der Waals surface area contributed by atoms with Crippen LogP contribution in [0.1, 0.15) is 16.1 Å². The number of benzene rings is 2. The zero-order chi connectivity index (χ0) is 19.4. The van der Waals surface area contributed by atoms with Crippen LogP contribution in [0, 0.1) is 6.92 Å². The number of carbonyl (C=O) groups excluding carboxylic acids is 1. The monoisotopic (exact) mass is 367 g/mol. The number of rotatable bonds is 6. The predicted molar refractivity (Wildman–Crippen MR) is 103 cm³/mol. The van der Waals surface area contributed by atoms with Crippen LogP contribution in [0.4, 0.5) is 5.69 Å². The molecule has 0 atom stereocenters. The molecule has 2 aromatic carbocycles. The van der Waals surface area contributed by atoms with Gasteiger partial charge in [-0.3, -0.25) is 9.89 Å². The molecule has 3 aromatic rings. The number of aromatic nitrogens is 2. The maximum atomic E-state index is 13.1. The lowest BCUT2D eigenvalue weighted by Crippen LogP contribution is -2.15. The van der Waals surface area contributed by atoms with Crippen LogP contribution >= 0.6 is 0 Å². The molecule has 0 radical (unpaired) electrons. The molecule has 0 unspecified atom stereocenters. The summed E-state index contributed by atoms with van der Waals surface area (Å²) in [5.41, 5.74) is 3.20. The van der Waals surface area contributed by atoms with E-state index in [1.165, 1.54) is 21.3 Å². The zero-order valence-corrected chi connectivity index (χ0v) is 15.6. The number of anilines is 1. The Labute approximate surface area is 157 Å². The van der Waals surface area contributed by atoms with E-state index in [2.05, 4.69) is 15.5 Å². The van der Waals surface area contributed by atoms with Crippen molar-refractivity contribution in [3.05, 3.63) is 53.7 Å². The van der Waals surface area contributed by atoms with Gasteiger partial charge >= 0.3 is 0 Å². The Bertz CT molecular complexity index is 926. The highest BCUT2D eigenvalue weighted by molar-refractivity contribution is 6.10. The van der Waals surface area contributed by atoms with Gasteiger partial charge in [0.05, 0.1) is 38.4 Å². The fourth-order valence-corrected chi connectivity index (χ4v) is 2.80. The number of ether oxygens (including phenoxy) is 3. The number of nitrogens with zero attached hydrogens (tertiary/aromatic N) is 1. The van der Waals surface area contributed by atoms with Gasteiger partial charge in [-0.15, -0.1) is 0 Å². The van der Waals surface area contributed by atoms with Gasteiger partial charge in [0.15, 0.2) is 0 Å². The van der Waals surface area contributed by atoms with Gasteiger partial charge in [-0.2, -0.15) is 5.10 Å². The molecule has 0 aliphatic carbocycles. The number of aryl methyl sites for hydroxylation is 1. The number of carbonyl (C=O) groups is 1. The normalized spacial score (nSPS) is 10.4. The summed E-state index contributed by atoms with van der Waals surface area (Å²) in [6, 6.07) is 12.9. The first-order valence-corrected chi connectivity index (χ1v) is 8.30. The van der Waals surface area contributed by atoms with E-state index in [4.69, 9.17) is 14.2 Å². The summed E-state index contributed by atoms with van der Waals surface area (Å²) in [6.07, 6.45) is 0. The van der Waals surface area contributed by atoms with Crippen LogP contribution in [0.2, 0.25) is 0 Å². The average molecular weight is 367 g/mol. The third-order valence-electron chi connectivity index (χ3n) is 4.19. The van der Waals surface area contributed by atoms with Gasteiger partial charge in [0.2, 0.25) is 0 Å². The number of hydrogen-bond donors (Lipinski definition) is 2. The van der Waals surface area contributed by atoms with Crippen LogP contribution in [-0.4, -0.2) is 37.4 Å². The Morgan fingerprint density at radius 1 is 1.00 bits per heavy atom. The second-order valence-corrected chi connectivity index (χ2v) is 5.79. The van der Waals surface area contributed by atoms with Gasteiger partial charge in [-0.1, -0.05) is 30.3 Å². The Morgan fingerprint density at radius 3 is 2.19 bits per heavy atom. The van der Waals surface area contributed by atoms with E-state index >= 15 is 0 Å². The van der Waals surface area contributed by atoms with Crippen molar-refractivity contribution in [2.24, 2.45) is 0 Å². The molecule has 7 nitrogen and oxygen atoms in total. The van der Waals surface area contributed by atoms with Crippen molar-refractivity contribution in [1.82, 2.24) is 10.2 Å². The lowest BCUT2D eigenvalue weighted by molar-refractivity contribution is 0.102. The highest BCUT2D eigenvalue weighted by Gasteiger charge is 2.23. The van der Waals surface area contributed by atoms with Gasteiger partial charge in [0.1, 0.15) is 22.8 Å². The molecule has 140 valence electrons. The minimum absolute atomic E-state index is 0.278. The third kappa shape index (κ3) is 3.57. The molecule has 3 rings (SSSR count). The standard InChI is InChI=1S/C20H21N3O4/c1-12-18(19(23-22-12)13-8-6-5-7-9-13)21-20(24)17-15(26-3)10-14(25-2)11-16(17)27-4/h5-11H,1-4H3,(H,21,24)(H,22,23). The number of hydrogen-bond acceptors (Lipinski definition) is 5. The number of methoxy groups -OCH3 is 3. The van der Waals surface area contributed by atoms with Crippen molar-refractivity contribution < 1.29 is 19.0 Å². The molecule has 0 spiro atoms. The number of aromatic amines is 1. The molecule has 0 saturated heterocycles. The fraction of sp³-hybridized carbons (Fsp3) is 0.200. The first-order valence-electron chi connectivity index (χ1n) is 8.30. The van der Waals surface area contributed by atoms with Crippen molar-refractivity contribution in [2.75, 3.05) is 26.6 Å². The Hall–Kier alpha value is -3.48. The Morgan fingerprint density at radius 2 is 1.63 bits per heavy atom. The third-order valence-corrected chi connectivity index (χ3v) is 4.19. The van der Waals surface area contributed by atoms with Gasteiger partial charge in [0, 0.05) is 17.7 Å². The molecular formula is C20H21N3O4. The van der Waals surface area contributed by atoms with Crippen molar-refractivity contribution in [1.29, 1.82) is 0 Å².